The zero-order valence-corrected chi connectivity index (χ0v) is 9.70. The second kappa shape index (κ2) is 4.31. The number of nitrogens with zero attached hydrogens (tertiary/aromatic N) is 3. The van der Waals surface area contributed by atoms with Crippen molar-refractivity contribution in [3.05, 3.63) is 46.2 Å². The van der Waals surface area contributed by atoms with E-state index in [1.807, 2.05) is 18.5 Å². The smallest absolute Gasteiger partial charge is 0.152 e. The van der Waals surface area contributed by atoms with Crippen molar-refractivity contribution in [1.29, 1.82) is 0 Å². The van der Waals surface area contributed by atoms with Gasteiger partial charge in [0.15, 0.2) is 5.51 Å². The van der Waals surface area contributed by atoms with Gasteiger partial charge in [0.05, 0.1) is 5.69 Å². The van der Waals surface area contributed by atoms with E-state index in [0.717, 1.165) is 26.1 Å². The topological polar surface area (TPSA) is 29.0 Å². The van der Waals surface area contributed by atoms with Gasteiger partial charge >= 0.3 is 0 Å². The largest absolute Gasteiger partial charge is 0.293 e. The van der Waals surface area contributed by atoms with Gasteiger partial charge in [0, 0.05) is 43.3 Å². The monoisotopic (exact) mass is 230 g/mol. The van der Waals surface area contributed by atoms with E-state index in [0.29, 0.717) is 0 Å². The molecule has 2 aromatic rings. The van der Waals surface area contributed by atoms with Crippen LogP contribution in [0.3, 0.4) is 0 Å². The van der Waals surface area contributed by atoms with Gasteiger partial charge in [-0.1, -0.05) is 6.07 Å². The van der Waals surface area contributed by atoms with Crippen molar-refractivity contribution in [3.8, 4) is 0 Å². The lowest BCUT2D eigenvalue weighted by atomic mass is 10.1. The summed E-state index contributed by atoms with van der Waals surface area (Å²) in [5, 5.41) is 0. The Bertz CT molecular complexity index is 466. The molecule has 0 aliphatic carbocycles. The Hall–Kier alpha value is -1.26. The van der Waals surface area contributed by atoms with Crippen molar-refractivity contribution in [2.45, 2.75) is 19.5 Å². The number of rotatable bonds is 2. The normalized spacial score (nSPS) is 16.0. The maximum Gasteiger partial charge on any atom is 0.152 e. The molecule has 0 spiro atoms. The first-order chi connectivity index (χ1) is 7.92. The molecule has 0 unspecified atom stereocenters. The van der Waals surface area contributed by atoms with Crippen LogP contribution in [0.1, 0.15) is 16.1 Å². The Balaban J connectivity index is 1.71. The number of aromatic nitrogens is 2. The molecule has 0 amide bonds. The highest BCUT2D eigenvalue weighted by molar-refractivity contribution is 7.09. The first kappa shape index (κ1) is 9.93. The molecule has 16 heavy (non-hydrogen) atoms. The SMILES string of the molecule is [c]1nc2c(s1)CN(Cc1cccnc1)CC2. The van der Waals surface area contributed by atoms with Crippen LogP contribution in [0.15, 0.2) is 24.5 Å². The molecule has 2 aromatic heterocycles. The Morgan fingerprint density at radius 2 is 2.50 bits per heavy atom. The lowest BCUT2D eigenvalue weighted by molar-refractivity contribution is 0.247. The second-order valence-corrected chi connectivity index (χ2v) is 4.88. The highest BCUT2D eigenvalue weighted by Crippen LogP contribution is 2.22. The molecule has 1 radical (unpaired) electrons. The number of hydrogen-bond acceptors (Lipinski definition) is 4. The fourth-order valence-corrected chi connectivity index (χ4v) is 2.78. The average Bonchev–Trinajstić information content (AvgIpc) is 2.77. The summed E-state index contributed by atoms with van der Waals surface area (Å²) in [6, 6.07) is 4.12. The maximum absolute atomic E-state index is 4.25. The maximum atomic E-state index is 4.25. The summed E-state index contributed by atoms with van der Waals surface area (Å²) in [5.41, 5.74) is 5.50. The standard InChI is InChI=1S/C12H12N3S/c1-2-10(6-13-4-1)7-15-5-3-11-12(8-15)16-9-14-11/h1-2,4,6H,3,5,7-8H2. The van der Waals surface area contributed by atoms with Crippen molar-refractivity contribution in [3.63, 3.8) is 0 Å². The molecular formula is C12H12N3S. The van der Waals surface area contributed by atoms with Crippen LogP contribution in [0.25, 0.3) is 0 Å². The van der Waals surface area contributed by atoms with Crippen LogP contribution in [0.2, 0.25) is 0 Å². The van der Waals surface area contributed by atoms with Crippen molar-refractivity contribution in [1.82, 2.24) is 14.9 Å². The molecule has 81 valence electrons. The van der Waals surface area contributed by atoms with E-state index in [4.69, 9.17) is 0 Å². The van der Waals surface area contributed by atoms with Crippen molar-refractivity contribution < 1.29 is 0 Å². The van der Waals surface area contributed by atoms with Gasteiger partial charge in [0.2, 0.25) is 0 Å². The zero-order valence-electron chi connectivity index (χ0n) is 8.89. The van der Waals surface area contributed by atoms with Crippen molar-refractivity contribution >= 4 is 11.3 Å². The Labute approximate surface area is 98.8 Å². The minimum atomic E-state index is 0.977. The predicted molar refractivity (Wildman–Crippen MR) is 63.0 cm³/mol. The molecule has 1 aliphatic heterocycles. The summed E-state index contributed by atoms with van der Waals surface area (Å²) in [7, 11) is 0. The van der Waals surface area contributed by atoms with Crippen LogP contribution in [0.5, 0.6) is 0 Å². The molecule has 0 aromatic carbocycles. The van der Waals surface area contributed by atoms with Crippen molar-refractivity contribution in [2.24, 2.45) is 0 Å². The lowest BCUT2D eigenvalue weighted by Crippen LogP contribution is -2.29. The molecule has 3 rings (SSSR count). The molecule has 0 saturated carbocycles. The highest BCUT2D eigenvalue weighted by atomic mass is 32.1. The quantitative estimate of drug-likeness (QED) is 0.789. The van der Waals surface area contributed by atoms with E-state index in [2.05, 4.69) is 26.4 Å². The Morgan fingerprint density at radius 3 is 3.38 bits per heavy atom. The van der Waals surface area contributed by atoms with Crippen molar-refractivity contribution in [2.75, 3.05) is 6.54 Å². The van der Waals surface area contributed by atoms with E-state index in [9.17, 15) is 0 Å². The number of hydrogen-bond donors (Lipinski definition) is 0. The summed E-state index contributed by atoms with van der Waals surface area (Å²) in [4.78, 5) is 12.2. The molecule has 1 aliphatic rings. The second-order valence-electron chi connectivity index (χ2n) is 4.00. The molecule has 0 saturated heterocycles. The van der Waals surface area contributed by atoms with Crippen LogP contribution in [-0.2, 0) is 19.5 Å². The summed E-state index contributed by atoms with van der Waals surface area (Å²) >= 11 is 1.65. The summed E-state index contributed by atoms with van der Waals surface area (Å²) in [5.74, 6) is 0. The van der Waals surface area contributed by atoms with Crippen LogP contribution in [-0.4, -0.2) is 21.4 Å². The average molecular weight is 230 g/mol. The van der Waals surface area contributed by atoms with Gasteiger partial charge in [0.25, 0.3) is 0 Å². The predicted octanol–water partition coefficient (Wildman–Crippen LogP) is 1.90. The molecule has 3 heterocycles. The van der Waals surface area contributed by atoms with Gasteiger partial charge in [-0.2, -0.15) is 0 Å². The van der Waals surface area contributed by atoms with Crippen LogP contribution in [0, 0.1) is 5.51 Å². The summed E-state index contributed by atoms with van der Waals surface area (Å²) in [6.07, 6.45) is 4.81. The Kier molecular flexibility index (Phi) is 2.68. The Morgan fingerprint density at radius 1 is 1.50 bits per heavy atom. The van der Waals surface area contributed by atoms with E-state index >= 15 is 0 Å². The first-order valence-electron chi connectivity index (χ1n) is 5.38. The minimum absolute atomic E-state index is 0.977. The molecule has 0 bridgehead atoms. The van der Waals surface area contributed by atoms with Gasteiger partial charge in [-0.15, -0.1) is 11.3 Å². The number of fused-ring (bicyclic) bond motifs is 1. The highest BCUT2D eigenvalue weighted by Gasteiger charge is 2.18. The molecule has 3 nitrogen and oxygen atoms in total. The molecule has 0 N–H and O–H groups in total. The zero-order chi connectivity index (χ0) is 10.8. The van der Waals surface area contributed by atoms with Gasteiger partial charge in [-0.25, -0.2) is 4.98 Å². The van der Waals surface area contributed by atoms with Gasteiger partial charge in [-0.3, -0.25) is 9.88 Å². The fraction of sp³-hybridized carbons (Fsp3) is 0.333. The molecule has 4 heteroatoms. The third-order valence-corrected chi connectivity index (χ3v) is 3.63. The minimum Gasteiger partial charge on any atom is -0.293 e. The number of pyridine rings is 1. The van der Waals surface area contributed by atoms with Crippen LogP contribution >= 0.6 is 11.3 Å². The number of thiazole rings is 1. The fourth-order valence-electron chi connectivity index (χ4n) is 2.00. The van der Waals surface area contributed by atoms with E-state index in [1.54, 1.807) is 11.3 Å². The molecule has 0 atom stereocenters. The lowest BCUT2D eigenvalue weighted by Gasteiger charge is -2.25. The molecule has 0 fully saturated rings. The third kappa shape index (κ3) is 1.99. The van der Waals surface area contributed by atoms with Gasteiger partial charge in [-0.05, 0) is 11.6 Å². The summed E-state index contributed by atoms with van der Waals surface area (Å²) < 4.78 is 0. The van der Waals surface area contributed by atoms with E-state index in [1.165, 1.54) is 16.1 Å². The van der Waals surface area contributed by atoms with E-state index < -0.39 is 0 Å². The first-order valence-corrected chi connectivity index (χ1v) is 6.19. The summed E-state index contributed by atoms with van der Waals surface area (Å²) in [6.45, 7) is 3.07. The third-order valence-electron chi connectivity index (χ3n) is 2.83. The van der Waals surface area contributed by atoms with E-state index in [-0.39, 0.29) is 0 Å². The molecular weight excluding hydrogens is 218 g/mol. The van der Waals surface area contributed by atoms with Crippen LogP contribution in [0.4, 0.5) is 0 Å². The van der Waals surface area contributed by atoms with Gasteiger partial charge < -0.3 is 0 Å². The van der Waals surface area contributed by atoms with Gasteiger partial charge in [0.1, 0.15) is 0 Å². The van der Waals surface area contributed by atoms with Crippen LogP contribution < -0.4 is 0 Å².